The highest BCUT2D eigenvalue weighted by molar-refractivity contribution is 7.40. The molecule has 0 fully saturated rings. The summed E-state index contributed by atoms with van der Waals surface area (Å²) >= 11 is 0. The molecule has 0 aromatic rings. The van der Waals surface area contributed by atoms with Gasteiger partial charge < -0.3 is 4.74 Å². The van der Waals surface area contributed by atoms with Crippen molar-refractivity contribution in [2.24, 2.45) is 0 Å². The van der Waals surface area contributed by atoms with Crippen molar-refractivity contribution in [2.75, 3.05) is 20.3 Å². The zero-order chi connectivity index (χ0) is 22.3. The molecule has 0 heterocycles. The summed E-state index contributed by atoms with van der Waals surface area (Å²) in [4.78, 5) is 16.5. The van der Waals surface area contributed by atoms with Crippen LogP contribution in [0.4, 0.5) is 0 Å². The number of nitrogens with zero attached hydrogens (tertiary/aromatic N) is 1. The molecule has 7 heteroatoms. The Morgan fingerprint density at radius 1 is 1.00 bits per heavy atom. The van der Waals surface area contributed by atoms with Crippen LogP contribution in [0.2, 0.25) is 0 Å². The lowest BCUT2D eigenvalue weighted by molar-refractivity contribution is -0.170. The van der Waals surface area contributed by atoms with Gasteiger partial charge in [0.05, 0.1) is 12.7 Å². The smallest absolute Gasteiger partial charge is 0.325 e. The maximum absolute atomic E-state index is 12.5. The van der Waals surface area contributed by atoms with E-state index in [0.717, 1.165) is 38.5 Å². The molecule has 0 spiro atoms. The van der Waals surface area contributed by atoms with Crippen molar-refractivity contribution in [1.29, 1.82) is 0 Å². The first-order valence-corrected chi connectivity index (χ1v) is 12.1. The lowest BCUT2D eigenvalue weighted by atomic mass is 10.1. The number of carbonyl (C=O) groups is 1. The van der Waals surface area contributed by atoms with Crippen LogP contribution in [0.5, 0.6) is 0 Å². The quantitative estimate of drug-likeness (QED) is 0.115. The Balaban J connectivity index is 3.74. The van der Waals surface area contributed by atoms with Gasteiger partial charge in [-0.05, 0) is 44.3 Å². The number of carbonyl (C=O) groups excluding carboxylic acids is 1. The van der Waals surface area contributed by atoms with E-state index in [-0.39, 0.29) is 11.5 Å². The zero-order valence-corrected chi connectivity index (χ0v) is 20.4. The summed E-state index contributed by atoms with van der Waals surface area (Å²) in [5.74, 6) is -0.194. The molecule has 0 aromatic carbocycles. The van der Waals surface area contributed by atoms with E-state index >= 15 is 0 Å². The molecular formula is C22H43NO5P+. The first kappa shape index (κ1) is 28.2. The minimum absolute atomic E-state index is 0.194. The molecule has 0 aliphatic heterocycles. The van der Waals surface area contributed by atoms with Crippen molar-refractivity contribution in [3.8, 4) is 0 Å². The van der Waals surface area contributed by atoms with Gasteiger partial charge in [-0.25, -0.2) is 5.06 Å². The first-order valence-electron chi connectivity index (χ1n) is 10.9. The van der Waals surface area contributed by atoms with Crippen LogP contribution in [0.1, 0.15) is 92.4 Å². The highest BCUT2D eigenvalue weighted by Crippen LogP contribution is 2.45. The maximum Gasteiger partial charge on any atom is 0.543 e. The van der Waals surface area contributed by atoms with Crippen LogP contribution in [0.25, 0.3) is 0 Å². The Bertz CT molecular complexity index is 492. The molecule has 0 aliphatic carbocycles. The van der Waals surface area contributed by atoms with Crippen molar-refractivity contribution in [2.45, 2.75) is 103 Å². The number of unbranched alkanes of at least 4 members (excludes halogenated alkanes) is 7. The monoisotopic (exact) mass is 432 g/mol. The second-order valence-corrected chi connectivity index (χ2v) is 10.2. The Morgan fingerprint density at radius 2 is 1.52 bits per heavy atom. The van der Waals surface area contributed by atoms with Crippen LogP contribution >= 0.6 is 8.03 Å². The summed E-state index contributed by atoms with van der Waals surface area (Å²) in [6, 6.07) is 0. The average Bonchev–Trinajstić information content (AvgIpc) is 2.66. The first-order chi connectivity index (χ1) is 13.6. The molecule has 170 valence electrons. The number of hydrogen-bond donors (Lipinski definition) is 0. The highest BCUT2D eigenvalue weighted by atomic mass is 31.1. The molecular weight excluding hydrogens is 389 g/mol. The van der Waals surface area contributed by atoms with Gasteiger partial charge in [0.1, 0.15) is 6.61 Å². The lowest BCUT2D eigenvalue weighted by Gasteiger charge is -2.27. The Morgan fingerprint density at radius 3 is 1.97 bits per heavy atom. The molecule has 0 bridgehead atoms. The Labute approximate surface area is 179 Å². The number of amides is 1. The van der Waals surface area contributed by atoms with Gasteiger partial charge in [0.15, 0.2) is 0 Å². The minimum Gasteiger partial charge on any atom is -0.325 e. The molecule has 2 atom stereocenters. The van der Waals surface area contributed by atoms with E-state index in [1.54, 1.807) is 0 Å². The molecule has 0 saturated carbocycles. The fourth-order valence-corrected chi connectivity index (χ4v) is 4.17. The summed E-state index contributed by atoms with van der Waals surface area (Å²) in [5.41, 5.74) is -0.345. The van der Waals surface area contributed by atoms with Crippen LogP contribution in [-0.4, -0.2) is 42.2 Å². The fourth-order valence-electron chi connectivity index (χ4n) is 2.99. The third kappa shape index (κ3) is 13.2. The van der Waals surface area contributed by atoms with E-state index in [4.69, 9.17) is 14.1 Å². The zero-order valence-electron chi connectivity index (χ0n) is 19.5. The van der Waals surface area contributed by atoms with E-state index in [2.05, 4.69) is 6.58 Å². The molecule has 0 aliphatic rings. The van der Waals surface area contributed by atoms with Crippen LogP contribution < -0.4 is 0 Å². The molecule has 0 rings (SSSR count). The predicted octanol–water partition coefficient (Wildman–Crippen LogP) is 6.38. The molecule has 0 aromatic heterocycles. The van der Waals surface area contributed by atoms with Gasteiger partial charge in [0.25, 0.3) is 11.2 Å². The van der Waals surface area contributed by atoms with E-state index < -0.39 is 13.4 Å². The topological polar surface area (TPSA) is 65.1 Å². The van der Waals surface area contributed by atoms with Crippen LogP contribution in [0.3, 0.4) is 0 Å². The van der Waals surface area contributed by atoms with Crippen molar-refractivity contribution in [1.82, 2.24) is 5.06 Å². The van der Waals surface area contributed by atoms with Crippen LogP contribution in [0.15, 0.2) is 12.7 Å². The second kappa shape index (κ2) is 15.1. The second-order valence-electron chi connectivity index (χ2n) is 8.49. The number of rotatable bonds is 17. The average molecular weight is 433 g/mol. The highest BCUT2D eigenvalue weighted by Gasteiger charge is 2.49. The summed E-state index contributed by atoms with van der Waals surface area (Å²) in [5, 5.41) is 0.607. The molecule has 29 heavy (non-hydrogen) atoms. The van der Waals surface area contributed by atoms with Gasteiger partial charge in [-0.15, -0.1) is 4.52 Å². The van der Waals surface area contributed by atoms with Gasteiger partial charge in [-0.1, -0.05) is 52.0 Å². The molecule has 0 saturated heterocycles. The summed E-state index contributed by atoms with van der Waals surface area (Å²) in [7, 11) is -0.353. The largest absolute Gasteiger partial charge is 0.543 e. The van der Waals surface area contributed by atoms with Crippen molar-refractivity contribution in [3.05, 3.63) is 12.7 Å². The molecule has 6 nitrogen and oxygen atoms in total. The molecule has 1 amide bonds. The summed E-state index contributed by atoms with van der Waals surface area (Å²) in [6.45, 7) is 14.3. The number of hydrogen-bond acceptors (Lipinski definition) is 5. The normalized spacial score (nSPS) is 14.3. The van der Waals surface area contributed by atoms with Crippen LogP contribution in [-0.2, 0) is 23.5 Å². The minimum atomic E-state index is -1.85. The Kier molecular flexibility index (Phi) is 14.6. The van der Waals surface area contributed by atoms with Gasteiger partial charge >= 0.3 is 8.03 Å². The Hall–Kier alpha value is -0.810. The van der Waals surface area contributed by atoms with Crippen molar-refractivity contribution >= 4 is 13.9 Å². The van der Waals surface area contributed by atoms with Crippen LogP contribution in [0, 0.1) is 0 Å². The maximum atomic E-state index is 12.5. The van der Waals surface area contributed by atoms with Gasteiger partial charge in [0.2, 0.25) is 0 Å². The molecule has 2 unspecified atom stereocenters. The third-order valence-corrected chi connectivity index (χ3v) is 6.27. The molecule has 0 radical (unpaired) electrons. The van der Waals surface area contributed by atoms with E-state index in [0.29, 0.717) is 19.6 Å². The molecule has 0 N–H and O–H groups in total. The predicted molar refractivity (Wildman–Crippen MR) is 119 cm³/mol. The summed E-state index contributed by atoms with van der Waals surface area (Å²) in [6.07, 6.45) is 10.6. The van der Waals surface area contributed by atoms with Gasteiger partial charge in [-0.3, -0.25) is 9.63 Å². The van der Waals surface area contributed by atoms with Crippen molar-refractivity contribution in [3.63, 3.8) is 0 Å². The van der Waals surface area contributed by atoms with Gasteiger partial charge in [0, 0.05) is 19.9 Å². The number of hydroxylamine groups is 2. The number of ether oxygens (including phenoxy) is 1. The fraction of sp³-hybridized carbons (Fsp3) is 0.864. The standard InChI is InChI=1S/C22H43NO5P/c1-8-20(24)23(26-7)18-16-14-12-10-11-13-15-17-19-27-29(25)22(6,9-2)28-21(3,4)5/h8H,1,9-19H2,2-7H3/q+1. The van der Waals surface area contributed by atoms with E-state index in [9.17, 15) is 9.36 Å². The lowest BCUT2D eigenvalue weighted by Crippen LogP contribution is -2.34. The summed E-state index contributed by atoms with van der Waals surface area (Å²) < 4.78 is 24.1. The third-order valence-electron chi connectivity index (χ3n) is 4.67. The van der Waals surface area contributed by atoms with Gasteiger partial charge in [-0.2, -0.15) is 0 Å². The van der Waals surface area contributed by atoms with E-state index in [1.165, 1.54) is 31.1 Å². The van der Waals surface area contributed by atoms with E-state index in [1.807, 2.05) is 34.6 Å². The SMILES string of the molecule is C=CC(=O)N(CCCCCCCCCCO[P+](=O)C(C)(CC)OC(C)(C)C)OC. The van der Waals surface area contributed by atoms with Crippen molar-refractivity contribution < 1.29 is 23.5 Å².